The molecule has 1 saturated heterocycles. The first-order chi connectivity index (χ1) is 13.3. The molecule has 0 aliphatic carbocycles. The number of ether oxygens (including phenoxy) is 2. The number of nitrogens with zero attached hydrogens (tertiary/aromatic N) is 5. The van der Waals surface area contributed by atoms with Crippen molar-refractivity contribution in [3.05, 3.63) is 35.5 Å². The first-order valence-corrected chi connectivity index (χ1v) is 9.64. The lowest BCUT2D eigenvalue weighted by molar-refractivity contribution is 0.0751. The molecule has 0 aromatic carbocycles. The van der Waals surface area contributed by atoms with E-state index in [9.17, 15) is 4.79 Å². The minimum atomic E-state index is -0.0537. The number of rotatable bonds is 4. The summed E-state index contributed by atoms with van der Waals surface area (Å²) < 4.78 is 12.9. The van der Waals surface area contributed by atoms with Gasteiger partial charge < -0.3 is 14.4 Å². The van der Waals surface area contributed by atoms with Crippen LogP contribution in [0.15, 0.2) is 18.3 Å². The average Bonchev–Trinajstić information content (AvgIpc) is 3.02. The SMILES string of the molecule is CCOc1ncccc1C(=O)N1CCc2nc(C3CCOCC3)nn2CC1. The van der Waals surface area contributed by atoms with Crippen molar-refractivity contribution in [1.29, 1.82) is 0 Å². The highest BCUT2D eigenvalue weighted by Gasteiger charge is 2.26. The summed E-state index contributed by atoms with van der Waals surface area (Å²) in [5.74, 6) is 2.62. The molecule has 0 bridgehead atoms. The summed E-state index contributed by atoms with van der Waals surface area (Å²) in [6, 6.07) is 3.53. The number of carbonyl (C=O) groups excluding carboxylic acids is 1. The van der Waals surface area contributed by atoms with Crippen molar-refractivity contribution < 1.29 is 14.3 Å². The molecule has 8 nitrogen and oxygen atoms in total. The molecule has 0 N–H and O–H groups in total. The minimum Gasteiger partial charge on any atom is -0.477 e. The van der Waals surface area contributed by atoms with E-state index in [4.69, 9.17) is 19.6 Å². The third kappa shape index (κ3) is 3.80. The van der Waals surface area contributed by atoms with Crippen molar-refractivity contribution in [2.75, 3.05) is 32.9 Å². The maximum Gasteiger partial charge on any atom is 0.259 e. The summed E-state index contributed by atoms with van der Waals surface area (Å²) >= 11 is 0. The quantitative estimate of drug-likeness (QED) is 0.813. The normalized spacial score (nSPS) is 18.0. The lowest BCUT2D eigenvalue weighted by Crippen LogP contribution is -2.34. The van der Waals surface area contributed by atoms with Gasteiger partial charge in [-0.25, -0.2) is 14.6 Å². The molecule has 4 rings (SSSR count). The highest BCUT2D eigenvalue weighted by Crippen LogP contribution is 2.25. The average molecular weight is 371 g/mol. The van der Waals surface area contributed by atoms with E-state index >= 15 is 0 Å². The molecule has 2 aliphatic rings. The topological polar surface area (TPSA) is 82.4 Å². The molecule has 8 heteroatoms. The van der Waals surface area contributed by atoms with Crippen LogP contribution in [0.5, 0.6) is 5.88 Å². The van der Waals surface area contributed by atoms with E-state index < -0.39 is 0 Å². The van der Waals surface area contributed by atoms with Crippen molar-refractivity contribution >= 4 is 5.91 Å². The van der Waals surface area contributed by atoms with Crippen LogP contribution in [0.3, 0.4) is 0 Å². The van der Waals surface area contributed by atoms with E-state index in [1.54, 1.807) is 18.3 Å². The molecule has 0 atom stereocenters. The maximum atomic E-state index is 13.0. The zero-order chi connectivity index (χ0) is 18.6. The molecule has 27 heavy (non-hydrogen) atoms. The third-order valence-electron chi connectivity index (χ3n) is 5.11. The fraction of sp³-hybridized carbons (Fsp3) is 0.579. The maximum absolute atomic E-state index is 13.0. The largest absolute Gasteiger partial charge is 0.477 e. The number of carbonyl (C=O) groups is 1. The predicted molar refractivity (Wildman–Crippen MR) is 97.8 cm³/mol. The Labute approximate surface area is 158 Å². The number of pyridine rings is 1. The van der Waals surface area contributed by atoms with E-state index in [1.165, 1.54) is 0 Å². The molecule has 4 heterocycles. The van der Waals surface area contributed by atoms with Crippen molar-refractivity contribution in [2.45, 2.75) is 38.6 Å². The predicted octanol–water partition coefficient (Wildman–Crippen LogP) is 1.66. The molecular weight excluding hydrogens is 346 g/mol. The second-order valence-electron chi connectivity index (χ2n) is 6.83. The highest BCUT2D eigenvalue weighted by molar-refractivity contribution is 5.96. The Morgan fingerprint density at radius 3 is 2.96 bits per heavy atom. The van der Waals surface area contributed by atoms with Crippen molar-refractivity contribution in [2.24, 2.45) is 0 Å². The molecule has 1 amide bonds. The second kappa shape index (κ2) is 8.04. The Balaban J connectivity index is 1.46. The molecule has 2 aromatic heterocycles. The van der Waals surface area contributed by atoms with Gasteiger partial charge >= 0.3 is 0 Å². The Kier molecular flexibility index (Phi) is 5.33. The van der Waals surface area contributed by atoms with E-state index in [2.05, 4.69) is 4.98 Å². The van der Waals surface area contributed by atoms with Crippen LogP contribution in [-0.4, -0.2) is 63.5 Å². The van der Waals surface area contributed by atoms with E-state index in [0.29, 0.717) is 50.0 Å². The van der Waals surface area contributed by atoms with Gasteiger partial charge in [0.05, 0.1) is 13.2 Å². The number of amides is 1. The Bertz CT molecular complexity index is 775. The fourth-order valence-electron chi connectivity index (χ4n) is 3.63. The van der Waals surface area contributed by atoms with Gasteiger partial charge in [-0.3, -0.25) is 4.79 Å². The summed E-state index contributed by atoms with van der Waals surface area (Å²) in [5.41, 5.74) is 0.509. The van der Waals surface area contributed by atoms with Crippen LogP contribution in [0.4, 0.5) is 0 Å². The smallest absolute Gasteiger partial charge is 0.259 e. The van der Waals surface area contributed by atoms with Crippen LogP contribution < -0.4 is 4.74 Å². The summed E-state index contributed by atoms with van der Waals surface area (Å²) in [5, 5.41) is 4.72. The number of fused-ring (bicyclic) bond motifs is 1. The molecule has 0 radical (unpaired) electrons. The molecular formula is C19H25N5O3. The molecule has 1 fully saturated rings. The van der Waals surface area contributed by atoms with Crippen LogP contribution in [0.1, 0.15) is 47.7 Å². The van der Waals surface area contributed by atoms with Gasteiger partial charge in [0.1, 0.15) is 11.4 Å². The van der Waals surface area contributed by atoms with Crippen LogP contribution in [0, 0.1) is 0 Å². The van der Waals surface area contributed by atoms with Gasteiger partial charge in [-0.05, 0) is 31.9 Å². The van der Waals surface area contributed by atoms with Crippen molar-refractivity contribution in [3.63, 3.8) is 0 Å². The number of aromatic nitrogens is 4. The first-order valence-electron chi connectivity index (χ1n) is 9.64. The zero-order valence-electron chi connectivity index (χ0n) is 15.6. The monoisotopic (exact) mass is 371 g/mol. The Morgan fingerprint density at radius 2 is 2.15 bits per heavy atom. The van der Waals surface area contributed by atoms with Crippen molar-refractivity contribution in [3.8, 4) is 5.88 Å². The van der Waals surface area contributed by atoms with Gasteiger partial charge in [0.2, 0.25) is 5.88 Å². The minimum absolute atomic E-state index is 0.0537. The summed E-state index contributed by atoms with van der Waals surface area (Å²) in [7, 11) is 0. The lowest BCUT2D eigenvalue weighted by atomic mass is 10.00. The first kappa shape index (κ1) is 17.9. The van der Waals surface area contributed by atoms with Crippen LogP contribution >= 0.6 is 0 Å². The molecule has 2 aliphatic heterocycles. The van der Waals surface area contributed by atoms with Crippen molar-refractivity contribution in [1.82, 2.24) is 24.6 Å². The van der Waals surface area contributed by atoms with E-state index in [1.807, 2.05) is 16.5 Å². The van der Waals surface area contributed by atoms with E-state index in [0.717, 1.165) is 37.7 Å². The number of hydrogen-bond donors (Lipinski definition) is 0. The highest BCUT2D eigenvalue weighted by atomic mass is 16.5. The molecule has 2 aromatic rings. The summed E-state index contributed by atoms with van der Waals surface area (Å²) in [6.07, 6.45) is 4.30. The van der Waals surface area contributed by atoms with E-state index in [-0.39, 0.29) is 5.91 Å². The standard InChI is InChI=1S/C19H25N5O3/c1-2-27-18-15(4-3-8-20-18)19(25)23-9-5-16-21-17(22-24(16)11-10-23)14-6-12-26-13-7-14/h3-4,8,14H,2,5-7,9-13H2,1H3. The Hall–Kier alpha value is -2.48. The van der Waals surface area contributed by atoms with Crippen LogP contribution in [0.2, 0.25) is 0 Å². The van der Waals surface area contributed by atoms with Gasteiger partial charge in [0, 0.05) is 44.8 Å². The molecule has 0 unspecified atom stereocenters. The molecule has 144 valence electrons. The summed E-state index contributed by atoms with van der Waals surface area (Å²) in [6.45, 7) is 5.80. The van der Waals surface area contributed by atoms with Gasteiger partial charge in [-0.15, -0.1) is 0 Å². The van der Waals surface area contributed by atoms with Gasteiger partial charge in [-0.1, -0.05) is 0 Å². The molecule has 0 spiro atoms. The third-order valence-corrected chi connectivity index (χ3v) is 5.11. The van der Waals surface area contributed by atoms with Crippen LogP contribution in [0.25, 0.3) is 0 Å². The van der Waals surface area contributed by atoms with Gasteiger partial charge in [-0.2, -0.15) is 5.10 Å². The van der Waals surface area contributed by atoms with Gasteiger partial charge in [0.25, 0.3) is 5.91 Å². The zero-order valence-corrected chi connectivity index (χ0v) is 15.6. The Morgan fingerprint density at radius 1 is 1.30 bits per heavy atom. The van der Waals surface area contributed by atoms with Crippen LogP contribution in [-0.2, 0) is 17.7 Å². The molecule has 0 saturated carbocycles. The van der Waals surface area contributed by atoms with Gasteiger partial charge in [0.15, 0.2) is 5.82 Å². The summed E-state index contributed by atoms with van der Waals surface area (Å²) in [4.78, 5) is 23.8. The second-order valence-corrected chi connectivity index (χ2v) is 6.83. The lowest BCUT2D eigenvalue weighted by Gasteiger charge is -2.21. The fourth-order valence-corrected chi connectivity index (χ4v) is 3.63. The number of hydrogen-bond acceptors (Lipinski definition) is 6.